The second kappa shape index (κ2) is 5.52. The lowest BCUT2D eigenvalue weighted by Crippen LogP contribution is -2.30. The van der Waals surface area contributed by atoms with Gasteiger partial charge in [-0.1, -0.05) is 6.42 Å². The molecular formula is C8H18O3. The standard InChI is InChI=1S/C6H12O2.C2H6O/c7-6(8)4-2-1-3-5-6;1-3-2/h7-8H,1-5H2;1-2H3. The van der Waals surface area contributed by atoms with Crippen molar-refractivity contribution in [3.8, 4) is 0 Å². The van der Waals surface area contributed by atoms with Gasteiger partial charge in [-0.05, 0) is 12.8 Å². The first-order valence-electron chi connectivity index (χ1n) is 3.97. The number of aliphatic hydroxyl groups is 2. The SMILES string of the molecule is COC.OC1(O)CCCCC1. The van der Waals surface area contributed by atoms with Gasteiger partial charge in [-0.25, -0.2) is 0 Å². The summed E-state index contributed by atoms with van der Waals surface area (Å²) < 4.78 is 4.25. The lowest BCUT2D eigenvalue weighted by atomic mass is 9.95. The summed E-state index contributed by atoms with van der Waals surface area (Å²) in [5, 5.41) is 17.9. The zero-order valence-corrected chi connectivity index (χ0v) is 7.34. The molecule has 0 amide bonds. The molecule has 0 unspecified atom stereocenters. The van der Waals surface area contributed by atoms with Gasteiger partial charge in [-0.3, -0.25) is 0 Å². The van der Waals surface area contributed by atoms with Gasteiger partial charge >= 0.3 is 0 Å². The molecule has 1 saturated carbocycles. The van der Waals surface area contributed by atoms with Crippen LogP contribution in [0, 0.1) is 0 Å². The van der Waals surface area contributed by atoms with Crippen LogP contribution in [0.15, 0.2) is 0 Å². The minimum Gasteiger partial charge on any atom is -0.388 e. The normalized spacial score (nSPS) is 21.8. The van der Waals surface area contributed by atoms with E-state index in [-0.39, 0.29) is 0 Å². The van der Waals surface area contributed by atoms with Crippen LogP contribution in [0.4, 0.5) is 0 Å². The van der Waals surface area contributed by atoms with Crippen molar-refractivity contribution in [2.45, 2.75) is 37.9 Å². The van der Waals surface area contributed by atoms with Crippen LogP contribution in [0.1, 0.15) is 32.1 Å². The highest BCUT2D eigenvalue weighted by molar-refractivity contribution is 4.69. The number of ether oxygens (including phenoxy) is 1. The molecule has 0 aliphatic heterocycles. The van der Waals surface area contributed by atoms with Crippen molar-refractivity contribution in [2.75, 3.05) is 14.2 Å². The smallest absolute Gasteiger partial charge is 0.162 e. The van der Waals surface area contributed by atoms with Crippen molar-refractivity contribution < 1.29 is 14.9 Å². The van der Waals surface area contributed by atoms with E-state index in [0.717, 1.165) is 19.3 Å². The predicted octanol–water partition coefficient (Wildman–Crippen LogP) is 0.894. The third-order valence-corrected chi connectivity index (χ3v) is 1.65. The first-order chi connectivity index (χ1) is 5.12. The summed E-state index contributed by atoms with van der Waals surface area (Å²) in [7, 11) is 3.25. The molecule has 68 valence electrons. The van der Waals surface area contributed by atoms with E-state index in [1.54, 1.807) is 14.2 Å². The average molecular weight is 162 g/mol. The molecule has 0 aromatic rings. The fourth-order valence-corrected chi connectivity index (χ4v) is 1.12. The molecule has 0 spiro atoms. The fraction of sp³-hybridized carbons (Fsp3) is 1.00. The van der Waals surface area contributed by atoms with E-state index in [2.05, 4.69) is 4.74 Å². The Labute approximate surface area is 68.0 Å². The highest BCUT2D eigenvalue weighted by atomic mass is 16.5. The van der Waals surface area contributed by atoms with Crippen LogP contribution in [0.2, 0.25) is 0 Å². The van der Waals surface area contributed by atoms with Crippen LogP contribution < -0.4 is 0 Å². The Hall–Kier alpha value is -0.120. The summed E-state index contributed by atoms with van der Waals surface area (Å²) in [5.41, 5.74) is 0. The lowest BCUT2D eigenvalue weighted by Gasteiger charge is -2.25. The monoisotopic (exact) mass is 162 g/mol. The average Bonchev–Trinajstić information content (AvgIpc) is 1.88. The van der Waals surface area contributed by atoms with Crippen LogP contribution in [-0.4, -0.2) is 30.2 Å². The second-order valence-electron chi connectivity index (χ2n) is 2.95. The largest absolute Gasteiger partial charge is 0.388 e. The Bertz CT molecular complexity index is 83.3. The van der Waals surface area contributed by atoms with Gasteiger partial charge in [0.25, 0.3) is 0 Å². The first kappa shape index (κ1) is 10.9. The summed E-state index contributed by atoms with van der Waals surface area (Å²) in [6, 6.07) is 0. The Balaban J connectivity index is 0.000000292. The molecule has 11 heavy (non-hydrogen) atoms. The zero-order chi connectivity index (χ0) is 8.74. The summed E-state index contributed by atoms with van der Waals surface area (Å²) >= 11 is 0. The quantitative estimate of drug-likeness (QED) is 0.520. The number of hydrogen-bond donors (Lipinski definition) is 2. The van der Waals surface area contributed by atoms with Gasteiger partial charge in [0.2, 0.25) is 0 Å². The molecule has 0 aromatic carbocycles. The Morgan fingerprint density at radius 1 is 1.00 bits per heavy atom. The molecule has 3 heteroatoms. The van der Waals surface area contributed by atoms with Gasteiger partial charge < -0.3 is 14.9 Å². The molecule has 0 atom stereocenters. The van der Waals surface area contributed by atoms with Gasteiger partial charge in [-0.15, -0.1) is 0 Å². The van der Waals surface area contributed by atoms with Crippen molar-refractivity contribution in [1.82, 2.24) is 0 Å². The van der Waals surface area contributed by atoms with Crippen LogP contribution in [0.5, 0.6) is 0 Å². The molecule has 1 rings (SSSR count). The van der Waals surface area contributed by atoms with Crippen molar-refractivity contribution in [3.63, 3.8) is 0 Å². The van der Waals surface area contributed by atoms with E-state index in [1.807, 2.05) is 0 Å². The van der Waals surface area contributed by atoms with E-state index in [1.165, 1.54) is 0 Å². The van der Waals surface area contributed by atoms with E-state index in [0.29, 0.717) is 12.8 Å². The molecule has 1 fully saturated rings. The summed E-state index contributed by atoms with van der Waals surface area (Å²) in [5.74, 6) is -1.32. The van der Waals surface area contributed by atoms with Crippen molar-refractivity contribution in [2.24, 2.45) is 0 Å². The molecule has 0 heterocycles. The highest BCUT2D eigenvalue weighted by Gasteiger charge is 2.24. The van der Waals surface area contributed by atoms with Gasteiger partial charge in [0.05, 0.1) is 0 Å². The van der Waals surface area contributed by atoms with Crippen LogP contribution in [0.25, 0.3) is 0 Å². The van der Waals surface area contributed by atoms with E-state index < -0.39 is 5.79 Å². The predicted molar refractivity (Wildman–Crippen MR) is 43.2 cm³/mol. The van der Waals surface area contributed by atoms with Gasteiger partial charge in [-0.2, -0.15) is 0 Å². The van der Waals surface area contributed by atoms with Crippen molar-refractivity contribution >= 4 is 0 Å². The van der Waals surface area contributed by atoms with E-state index in [9.17, 15) is 0 Å². The van der Waals surface area contributed by atoms with Crippen molar-refractivity contribution in [3.05, 3.63) is 0 Å². The van der Waals surface area contributed by atoms with Crippen LogP contribution in [0.3, 0.4) is 0 Å². The fourth-order valence-electron chi connectivity index (χ4n) is 1.12. The van der Waals surface area contributed by atoms with E-state index >= 15 is 0 Å². The van der Waals surface area contributed by atoms with Crippen LogP contribution >= 0.6 is 0 Å². The Morgan fingerprint density at radius 3 is 1.55 bits per heavy atom. The molecule has 0 bridgehead atoms. The molecule has 0 radical (unpaired) electrons. The van der Waals surface area contributed by atoms with E-state index in [4.69, 9.17) is 10.2 Å². The lowest BCUT2D eigenvalue weighted by molar-refractivity contribution is -0.180. The minimum atomic E-state index is -1.32. The molecule has 0 saturated heterocycles. The summed E-state index contributed by atoms with van der Waals surface area (Å²) in [6.07, 6.45) is 4.21. The molecule has 3 nitrogen and oxygen atoms in total. The third kappa shape index (κ3) is 6.28. The zero-order valence-electron chi connectivity index (χ0n) is 7.34. The Kier molecular flexibility index (Phi) is 5.46. The highest BCUT2D eigenvalue weighted by Crippen LogP contribution is 2.24. The molecule has 0 aromatic heterocycles. The molecule has 1 aliphatic carbocycles. The molecular weight excluding hydrogens is 144 g/mol. The van der Waals surface area contributed by atoms with Gasteiger partial charge in [0, 0.05) is 27.1 Å². The maximum absolute atomic E-state index is 8.93. The molecule has 1 aliphatic rings. The van der Waals surface area contributed by atoms with Gasteiger partial charge in [0.15, 0.2) is 5.79 Å². The summed E-state index contributed by atoms with van der Waals surface area (Å²) in [6.45, 7) is 0. The molecule has 2 N–H and O–H groups in total. The maximum Gasteiger partial charge on any atom is 0.162 e. The number of hydrogen-bond acceptors (Lipinski definition) is 3. The number of rotatable bonds is 0. The Morgan fingerprint density at radius 2 is 1.36 bits per heavy atom. The third-order valence-electron chi connectivity index (χ3n) is 1.65. The second-order valence-corrected chi connectivity index (χ2v) is 2.95. The first-order valence-corrected chi connectivity index (χ1v) is 3.97. The maximum atomic E-state index is 8.93. The topological polar surface area (TPSA) is 49.7 Å². The van der Waals surface area contributed by atoms with Gasteiger partial charge in [0.1, 0.15) is 0 Å². The minimum absolute atomic E-state index is 0.562. The van der Waals surface area contributed by atoms with Crippen molar-refractivity contribution in [1.29, 1.82) is 0 Å². The van der Waals surface area contributed by atoms with Crippen LogP contribution in [-0.2, 0) is 4.74 Å². The summed E-state index contributed by atoms with van der Waals surface area (Å²) in [4.78, 5) is 0. The number of methoxy groups -OCH3 is 1.